The van der Waals surface area contributed by atoms with Crippen LogP contribution in [-0.2, 0) is 11.2 Å². The second-order valence-corrected chi connectivity index (χ2v) is 9.32. The molecule has 0 spiro atoms. The number of aromatic amines is 1. The van der Waals surface area contributed by atoms with Gasteiger partial charge < -0.3 is 19.8 Å². The van der Waals surface area contributed by atoms with Crippen LogP contribution in [0.5, 0.6) is 11.5 Å². The number of nitrogens with one attached hydrogen (secondary N) is 2. The zero-order valence-electron chi connectivity index (χ0n) is 17.4. The highest BCUT2D eigenvalue weighted by Gasteiger charge is 2.21. The van der Waals surface area contributed by atoms with E-state index in [2.05, 4.69) is 43.3 Å². The smallest absolute Gasteiger partial charge is 0.408 e. The van der Waals surface area contributed by atoms with Crippen LogP contribution in [0.3, 0.4) is 0 Å². The lowest BCUT2D eigenvalue weighted by molar-refractivity contribution is 0.0507. The van der Waals surface area contributed by atoms with Crippen LogP contribution in [0.2, 0.25) is 0 Å². The fourth-order valence-corrected chi connectivity index (χ4v) is 3.66. The van der Waals surface area contributed by atoms with E-state index in [9.17, 15) is 4.79 Å². The molecule has 30 heavy (non-hydrogen) atoms. The Morgan fingerprint density at radius 3 is 2.77 bits per heavy atom. The lowest BCUT2D eigenvalue weighted by Crippen LogP contribution is -2.34. The molecule has 0 unspecified atom stereocenters. The standard InChI is InChI=1S/C23H24BrN3O3/c1-13(26-22(28)30-23(2,3)4)18-12-25-21(27-18)15-6-8-19-16(10-15)9-14-5-7-17(24)11-20(14)29-19/h5-8,10-13H,9H2,1-4H3,(H,25,27)(H,26,28)/t13-/m0/s1. The lowest BCUT2D eigenvalue weighted by atomic mass is 9.98. The van der Waals surface area contributed by atoms with Crippen molar-refractivity contribution in [3.63, 3.8) is 0 Å². The van der Waals surface area contributed by atoms with Crippen LogP contribution in [0.4, 0.5) is 4.79 Å². The predicted molar refractivity (Wildman–Crippen MR) is 119 cm³/mol. The molecule has 0 bridgehead atoms. The molecule has 1 aromatic heterocycles. The van der Waals surface area contributed by atoms with Gasteiger partial charge in [-0.1, -0.05) is 22.0 Å². The van der Waals surface area contributed by atoms with E-state index >= 15 is 0 Å². The highest BCUT2D eigenvalue weighted by atomic mass is 79.9. The maximum atomic E-state index is 12.0. The molecule has 1 aliphatic heterocycles. The summed E-state index contributed by atoms with van der Waals surface area (Å²) >= 11 is 3.49. The van der Waals surface area contributed by atoms with Gasteiger partial charge in [0.15, 0.2) is 0 Å². The van der Waals surface area contributed by atoms with Crippen molar-refractivity contribution >= 4 is 22.0 Å². The van der Waals surface area contributed by atoms with Crippen molar-refractivity contribution in [2.75, 3.05) is 0 Å². The molecular formula is C23H24BrN3O3. The zero-order valence-corrected chi connectivity index (χ0v) is 19.0. The van der Waals surface area contributed by atoms with E-state index in [0.717, 1.165) is 50.6 Å². The van der Waals surface area contributed by atoms with Crippen LogP contribution in [0, 0.1) is 0 Å². The largest absolute Gasteiger partial charge is 0.457 e. The maximum absolute atomic E-state index is 12.0. The van der Waals surface area contributed by atoms with Gasteiger partial charge in [-0.2, -0.15) is 0 Å². The number of imidazole rings is 1. The fourth-order valence-electron chi connectivity index (χ4n) is 3.32. The van der Waals surface area contributed by atoms with Crippen molar-refractivity contribution in [3.05, 3.63) is 63.9 Å². The van der Waals surface area contributed by atoms with Crippen molar-refractivity contribution in [1.29, 1.82) is 0 Å². The maximum Gasteiger partial charge on any atom is 0.408 e. The van der Waals surface area contributed by atoms with Gasteiger partial charge in [-0.25, -0.2) is 9.78 Å². The fraction of sp³-hybridized carbons (Fsp3) is 0.304. The van der Waals surface area contributed by atoms with Gasteiger partial charge in [0, 0.05) is 22.0 Å². The number of ether oxygens (including phenoxy) is 2. The number of rotatable bonds is 3. The van der Waals surface area contributed by atoms with Crippen LogP contribution in [0.15, 0.2) is 47.1 Å². The van der Waals surface area contributed by atoms with Gasteiger partial charge in [0.05, 0.1) is 17.9 Å². The zero-order chi connectivity index (χ0) is 21.5. The second-order valence-electron chi connectivity index (χ2n) is 8.41. The minimum atomic E-state index is -0.539. The summed E-state index contributed by atoms with van der Waals surface area (Å²) in [5, 5.41) is 2.83. The highest BCUT2D eigenvalue weighted by molar-refractivity contribution is 9.10. The first-order chi connectivity index (χ1) is 14.2. The van der Waals surface area contributed by atoms with Gasteiger partial charge in [0.25, 0.3) is 0 Å². The Labute approximate surface area is 184 Å². The highest BCUT2D eigenvalue weighted by Crippen LogP contribution is 2.39. The molecule has 0 saturated heterocycles. The minimum Gasteiger partial charge on any atom is -0.457 e. The summed E-state index contributed by atoms with van der Waals surface area (Å²) in [5.41, 5.74) is 3.50. The average molecular weight is 470 g/mol. The minimum absolute atomic E-state index is 0.257. The molecule has 0 radical (unpaired) electrons. The number of H-pyrrole nitrogens is 1. The number of hydrogen-bond donors (Lipinski definition) is 2. The normalized spacial score (nSPS) is 13.6. The summed E-state index contributed by atoms with van der Waals surface area (Å²) in [5.74, 6) is 2.48. The summed E-state index contributed by atoms with van der Waals surface area (Å²) in [6, 6.07) is 11.9. The van der Waals surface area contributed by atoms with E-state index in [1.165, 1.54) is 0 Å². The molecule has 0 aliphatic carbocycles. The Kier molecular flexibility index (Phi) is 5.32. The summed E-state index contributed by atoms with van der Waals surface area (Å²) in [6.45, 7) is 7.39. The Hall–Kier alpha value is -2.80. The summed E-state index contributed by atoms with van der Waals surface area (Å²) in [6.07, 6.45) is 2.08. The van der Waals surface area contributed by atoms with Gasteiger partial charge in [-0.15, -0.1) is 0 Å². The number of nitrogens with zero attached hydrogens (tertiary/aromatic N) is 1. The van der Waals surface area contributed by atoms with Crippen molar-refractivity contribution in [2.45, 2.75) is 45.8 Å². The van der Waals surface area contributed by atoms with E-state index in [1.807, 2.05) is 52.0 Å². The average Bonchev–Trinajstić information content (AvgIpc) is 3.14. The molecule has 2 heterocycles. The first-order valence-electron chi connectivity index (χ1n) is 9.82. The number of aromatic nitrogens is 2. The summed E-state index contributed by atoms with van der Waals surface area (Å²) < 4.78 is 12.4. The third-order valence-corrected chi connectivity index (χ3v) is 5.25. The molecule has 0 saturated carbocycles. The predicted octanol–water partition coefficient (Wildman–Crippen LogP) is 6.12. The van der Waals surface area contributed by atoms with Crippen molar-refractivity contribution in [3.8, 4) is 22.9 Å². The topological polar surface area (TPSA) is 76.2 Å². The first kappa shape index (κ1) is 20.5. The number of alkyl carbamates (subject to hydrolysis) is 1. The van der Waals surface area contributed by atoms with Crippen molar-refractivity contribution in [2.24, 2.45) is 0 Å². The number of halogens is 1. The van der Waals surface area contributed by atoms with Gasteiger partial charge in [-0.05, 0) is 63.6 Å². The number of hydrogen-bond acceptors (Lipinski definition) is 4. The van der Waals surface area contributed by atoms with Crippen LogP contribution in [0.1, 0.15) is 50.6 Å². The molecule has 7 heteroatoms. The molecule has 156 valence electrons. The van der Waals surface area contributed by atoms with Crippen LogP contribution < -0.4 is 10.1 Å². The SMILES string of the molecule is C[C@H](NC(=O)OC(C)(C)C)c1cnc(-c2ccc3c(c2)Cc2ccc(Br)cc2O3)[nH]1. The molecular weight excluding hydrogens is 446 g/mol. The Bertz CT molecular complexity index is 1100. The molecule has 0 fully saturated rings. The molecule has 2 aromatic carbocycles. The lowest BCUT2D eigenvalue weighted by Gasteiger charge is -2.21. The van der Waals surface area contributed by atoms with Gasteiger partial charge in [0.2, 0.25) is 0 Å². The van der Waals surface area contributed by atoms with Gasteiger partial charge in [0.1, 0.15) is 22.9 Å². The molecule has 6 nitrogen and oxygen atoms in total. The monoisotopic (exact) mass is 469 g/mol. The van der Waals surface area contributed by atoms with Gasteiger partial charge >= 0.3 is 6.09 Å². The quantitative estimate of drug-likeness (QED) is 0.378. The molecule has 2 N–H and O–H groups in total. The van der Waals surface area contributed by atoms with E-state index in [0.29, 0.717) is 0 Å². The summed E-state index contributed by atoms with van der Waals surface area (Å²) in [7, 11) is 0. The number of carbonyl (C=O) groups is 1. The Morgan fingerprint density at radius 2 is 2.00 bits per heavy atom. The number of fused-ring (bicyclic) bond motifs is 2. The number of carbonyl (C=O) groups excluding carboxylic acids is 1. The molecule has 1 atom stereocenters. The second kappa shape index (κ2) is 7.80. The molecule has 3 aromatic rings. The van der Waals surface area contributed by atoms with Crippen LogP contribution >= 0.6 is 15.9 Å². The molecule has 1 aliphatic rings. The first-order valence-corrected chi connectivity index (χ1v) is 10.6. The van der Waals surface area contributed by atoms with Gasteiger partial charge in [-0.3, -0.25) is 0 Å². The van der Waals surface area contributed by atoms with Crippen LogP contribution in [-0.4, -0.2) is 21.7 Å². The number of amides is 1. The Morgan fingerprint density at radius 1 is 1.20 bits per heavy atom. The van der Waals surface area contributed by atoms with E-state index in [4.69, 9.17) is 9.47 Å². The third kappa shape index (κ3) is 4.51. The number of benzene rings is 2. The van der Waals surface area contributed by atoms with Crippen molar-refractivity contribution < 1.29 is 14.3 Å². The van der Waals surface area contributed by atoms with Crippen molar-refractivity contribution in [1.82, 2.24) is 15.3 Å². The molecule has 4 rings (SSSR count). The van der Waals surface area contributed by atoms with E-state index in [1.54, 1.807) is 6.20 Å². The summed E-state index contributed by atoms with van der Waals surface area (Å²) in [4.78, 5) is 19.8. The van der Waals surface area contributed by atoms with E-state index in [-0.39, 0.29) is 6.04 Å². The van der Waals surface area contributed by atoms with E-state index < -0.39 is 11.7 Å². The third-order valence-electron chi connectivity index (χ3n) is 4.76. The van der Waals surface area contributed by atoms with Crippen LogP contribution in [0.25, 0.3) is 11.4 Å². The Balaban J connectivity index is 1.50. The molecule has 1 amide bonds.